The van der Waals surface area contributed by atoms with Crippen LogP contribution in [0.5, 0.6) is 0 Å². The fourth-order valence-electron chi connectivity index (χ4n) is 3.05. The molecule has 0 bridgehead atoms. The largest absolute Gasteiger partial charge is 0.477 e. The van der Waals surface area contributed by atoms with Crippen LogP contribution >= 0.6 is 15.9 Å². The topological polar surface area (TPSA) is 101 Å². The highest BCUT2D eigenvalue weighted by Crippen LogP contribution is 2.33. The molecule has 0 aliphatic heterocycles. The number of carbonyl (C=O) groups excluding carboxylic acids is 1. The molecule has 2 heterocycles. The van der Waals surface area contributed by atoms with E-state index in [4.69, 9.17) is 0 Å². The first-order chi connectivity index (χ1) is 13.3. The summed E-state index contributed by atoms with van der Waals surface area (Å²) < 4.78 is 1.96. The summed E-state index contributed by atoms with van der Waals surface area (Å²) in [5.74, 6) is -1.42. The van der Waals surface area contributed by atoms with E-state index in [0.717, 1.165) is 22.5 Å². The summed E-state index contributed by atoms with van der Waals surface area (Å²) in [6, 6.07) is 5.24. The Kier molecular flexibility index (Phi) is 5.51. The number of hydrogen-bond acceptors (Lipinski definition) is 4. The van der Waals surface area contributed by atoms with Gasteiger partial charge in [-0.25, -0.2) is 9.78 Å². The van der Waals surface area contributed by atoms with Gasteiger partial charge >= 0.3 is 5.97 Å². The summed E-state index contributed by atoms with van der Waals surface area (Å²) >= 11 is 3.48. The number of hydrogen-bond donors (Lipinski definition) is 2. The predicted molar refractivity (Wildman–Crippen MR) is 111 cm³/mol. The van der Waals surface area contributed by atoms with Crippen LogP contribution in [0.25, 0.3) is 16.4 Å². The lowest BCUT2D eigenvalue weighted by molar-refractivity contribution is -0.120. The molecule has 1 aromatic carbocycles. The van der Waals surface area contributed by atoms with E-state index >= 15 is 0 Å². The molecule has 8 heteroatoms. The van der Waals surface area contributed by atoms with E-state index in [1.807, 2.05) is 26.8 Å². The van der Waals surface area contributed by atoms with E-state index in [2.05, 4.69) is 26.2 Å². The average Bonchev–Trinajstić information content (AvgIpc) is 2.68. The van der Waals surface area contributed by atoms with Crippen molar-refractivity contribution in [1.29, 1.82) is 0 Å². The van der Waals surface area contributed by atoms with Gasteiger partial charge < -0.3 is 10.4 Å². The maximum absolute atomic E-state index is 12.7. The van der Waals surface area contributed by atoms with Crippen LogP contribution in [0.3, 0.4) is 0 Å². The standard InChI is InChI=1S/C20H20BrN3O4/c1-4-10(2)11(3)18(25)23-15-6-5-14(21)12-7-8-24-17(16(12)15)22-9-13(19(24)26)20(27)28/h5-11H,4H2,1-3H3,(H,23,25)(H,27,28). The summed E-state index contributed by atoms with van der Waals surface area (Å²) in [6.07, 6.45) is 3.42. The number of rotatable bonds is 5. The third-order valence-corrected chi connectivity index (χ3v) is 5.89. The molecule has 0 spiro atoms. The van der Waals surface area contributed by atoms with Gasteiger partial charge in [-0.05, 0) is 24.1 Å². The van der Waals surface area contributed by atoms with Crippen molar-refractivity contribution < 1.29 is 14.7 Å². The lowest BCUT2D eigenvalue weighted by atomic mass is 9.93. The number of amides is 1. The van der Waals surface area contributed by atoms with Crippen molar-refractivity contribution in [2.24, 2.45) is 11.8 Å². The normalized spacial score (nSPS) is 13.4. The molecule has 2 unspecified atom stereocenters. The number of halogens is 1. The number of benzene rings is 1. The molecular weight excluding hydrogens is 426 g/mol. The SMILES string of the molecule is CCC(C)C(C)C(=O)Nc1ccc(Br)c2ccn3c(=O)c(C(=O)O)cnc3c12. The second kappa shape index (κ2) is 7.71. The van der Waals surface area contributed by atoms with Crippen molar-refractivity contribution in [3.8, 4) is 0 Å². The lowest BCUT2D eigenvalue weighted by Crippen LogP contribution is -2.26. The van der Waals surface area contributed by atoms with Crippen LogP contribution < -0.4 is 10.9 Å². The van der Waals surface area contributed by atoms with E-state index in [-0.39, 0.29) is 23.4 Å². The summed E-state index contributed by atoms with van der Waals surface area (Å²) in [5.41, 5.74) is -0.292. The minimum absolute atomic E-state index is 0.121. The lowest BCUT2D eigenvalue weighted by Gasteiger charge is -2.19. The first-order valence-corrected chi connectivity index (χ1v) is 9.72. The summed E-state index contributed by atoms with van der Waals surface area (Å²) in [4.78, 5) is 40.7. The number of nitrogens with zero attached hydrogens (tertiary/aromatic N) is 2. The van der Waals surface area contributed by atoms with Crippen LogP contribution in [0.2, 0.25) is 0 Å². The number of carboxylic acids is 1. The molecule has 2 N–H and O–H groups in total. The molecule has 0 radical (unpaired) electrons. The summed E-state index contributed by atoms with van der Waals surface area (Å²) in [6.45, 7) is 5.94. The predicted octanol–water partition coefficient (Wildman–Crippen LogP) is 3.93. The molecule has 28 heavy (non-hydrogen) atoms. The van der Waals surface area contributed by atoms with Crippen LogP contribution in [-0.4, -0.2) is 26.4 Å². The Bertz CT molecular complexity index is 1160. The third-order valence-electron chi connectivity index (χ3n) is 5.20. The second-order valence-electron chi connectivity index (χ2n) is 6.84. The number of aromatic nitrogens is 2. The van der Waals surface area contributed by atoms with Crippen LogP contribution in [0.1, 0.15) is 37.6 Å². The maximum Gasteiger partial charge on any atom is 0.342 e. The van der Waals surface area contributed by atoms with Gasteiger partial charge in [0, 0.05) is 33.6 Å². The highest BCUT2D eigenvalue weighted by molar-refractivity contribution is 9.10. The first kappa shape index (κ1) is 20.0. The second-order valence-corrected chi connectivity index (χ2v) is 7.69. The molecule has 0 saturated heterocycles. The molecule has 2 aromatic heterocycles. The smallest absolute Gasteiger partial charge is 0.342 e. The van der Waals surface area contributed by atoms with Crippen molar-refractivity contribution in [2.45, 2.75) is 27.2 Å². The Morgan fingerprint density at radius 1 is 1.29 bits per heavy atom. The third kappa shape index (κ3) is 3.40. The van der Waals surface area contributed by atoms with Crippen LogP contribution in [0.4, 0.5) is 5.69 Å². The van der Waals surface area contributed by atoms with Gasteiger partial charge in [0.1, 0.15) is 11.2 Å². The molecule has 0 aliphatic carbocycles. The van der Waals surface area contributed by atoms with Gasteiger partial charge in [0.25, 0.3) is 5.56 Å². The molecule has 146 valence electrons. The van der Waals surface area contributed by atoms with Crippen molar-refractivity contribution in [3.05, 3.63) is 51.0 Å². The Labute approximate surface area is 169 Å². The first-order valence-electron chi connectivity index (χ1n) is 8.93. The van der Waals surface area contributed by atoms with Gasteiger partial charge in [0.15, 0.2) is 0 Å². The van der Waals surface area contributed by atoms with Gasteiger partial charge in [-0.3, -0.25) is 14.0 Å². The van der Waals surface area contributed by atoms with Crippen molar-refractivity contribution in [2.75, 3.05) is 5.32 Å². The van der Waals surface area contributed by atoms with Crippen LogP contribution in [0, 0.1) is 11.8 Å². The molecule has 3 rings (SSSR count). The highest BCUT2D eigenvalue weighted by atomic mass is 79.9. The number of anilines is 1. The van der Waals surface area contributed by atoms with Gasteiger partial charge in [0.2, 0.25) is 5.91 Å². The summed E-state index contributed by atoms with van der Waals surface area (Å²) in [7, 11) is 0. The fourth-order valence-corrected chi connectivity index (χ4v) is 3.51. The van der Waals surface area contributed by atoms with Gasteiger partial charge in [-0.2, -0.15) is 0 Å². The minimum Gasteiger partial charge on any atom is -0.477 e. The molecule has 2 atom stereocenters. The molecular formula is C20H20BrN3O4. The maximum atomic E-state index is 12.7. The summed E-state index contributed by atoms with van der Waals surface area (Å²) in [5, 5.41) is 13.4. The molecule has 3 aromatic rings. The Hall–Kier alpha value is -2.74. The number of fused-ring (bicyclic) bond motifs is 3. The van der Waals surface area contributed by atoms with E-state index in [0.29, 0.717) is 11.1 Å². The number of carbonyl (C=O) groups is 2. The monoisotopic (exact) mass is 445 g/mol. The Morgan fingerprint density at radius 3 is 2.64 bits per heavy atom. The average molecular weight is 446 g/mol. The molecule has 0 saturated carbocycles. The number of pyridine rings is 1. The van der Waals surface area contributed by atoms with Gasteiger partial charge in [0.05, 0.1) is 5.69 Å². The van der Waals surface area contributed by atoms with Crippen LogP contribution in [0.15, 0.2) is 39.9 Å². The van der Waals surface area contributed by atoms with Gasteiger partial charge in [-0.1, -0.05) is 43.1 Å². The number of aromatic carboxylic acids is 1. The van der Waals surface area contributed by atoms with Crippen molar-refractivity contribution >= 4 is 49.9 Å². The molecule has 7 nitrogen and oxygen atoms in total. The zero-order valence-corrected chi connectivity index (χ0v) is 17.3. The van der Waals surface area contributed by atoms with Crippen molar-refractivity contribution in [3.63, 3.8) is 0 Å². The highest BCUT2D eigenvalue weighted by Gasteiger charge is 2.21. The zero-order chi connectivity index (χ0) is 20.6. The van der Waals surface area contributed by atoms with Crippen molar-refractivity contribution in [1.82, 2.24) is 9.38 Å². The molecule has 0 aliphatic rings. The Balaban J connectivity index is 2.24. The van der Waals surface area contributed by atoms with E-state index in [1.54, 1.807) is 12.1 Å². The number of nitrogens with one attached hydrogen (secondary N) is 1. The fraction of sp³-hybridized carbons (Fsp3) is 0.300. The van der Waals surface area contributed by atoms with Crippen LogP contribution in [-0.2, 0) is 4.79 Å². The van der Waals surface area contributed by atoms with E-state index in [9.17, 15) is 19.5 Å². The molecule has 0 fully saturated rings. The number of carboxylic acid groups (broad SMARTS) is 1. The van der Waals surface area contributed by atoms with E-state index in [1.165, 1.54) is 10.6 Å². The minimum atomic E-state index is -1.34. The zero-order valence-electron chi connectivity index (χ0n) is 15.7. The quantitative estimate of drug-likeness (QED) is 0.579. The van der Waals surface area contributed by atoms with E-state index < -0.39 is 17.1 Å². The van der Waals surface area contributed by atoms with Gasteiger partial charge in [-0.15, -0.1) is 0 Å². The molecule has 1 amide bonds. The Morgan fingerprint density at radius 2 is 2.00 bits per heavy atom.